The van der Waals surface area contributed by atoms with Gasteiger partial charge in [-0.1, -0.05) is 34.5 Å². The number of rotatable bonds is 6. The first kappa shape index (κ1) is 21.0. The van der Waals surface area contributed by atoms with Crippen LogP contribution in [0.1, 0.15) is 20.4 Å². The van der Waals surface area contributed by atoms with Crippen molar-refractivity contribution in [2.75, 3.05) is 19.5 Å². The minimum atomic E-state index is -0.473. The number of nitrogens with one attached hydrogen (secondary N) is 1. The molecule has 6 nitrogen and oxygen atoms in total. The van der Waals surface area contributed by atoms with Crippen molar-refractivity contribution in [3.05, 3.63) is 62.8 Å². The molecule has 1 N–H and O–H groups in total. The fourth-order valence-corrected chi connectivity index (χ4v) is 3.58. The van der Waals surface area contributed by atoms with Crippen LogP contribution in [-0.2, 0) is 0 Å². The Labute approximate surface area is 179 Å². The molecule has 3 rings (SSSR count). The second-order valence-electron chi connectivity index (χ2n) is 5.60. The lowest BCUT2D eigenvalue weighted by molar-refractivity contribution is 0.102. The molecule has 2 aromatic carbocycles. The molecule has 0 unspecified atom stereocenters. The molecule has 0 atom stereocenters. The molecule has 3 aromatic rings. The highest BCUT2D eigenvalue weighted by Gasteiger charge is 2.16. The van der Waals surface area contributed by atoms with Crippen molar-refractivity contribution in [1.82, 2.24) is 10.2 Å². The van der Waals surface area contributed by atoms with Gasteiger partial charge in [0.05, 0.1) is 24.3 Å². The fourth-order valence-electron chi connectivity index (χ4n) is 2.36. The Morgan fingerprint density at radius 2 is 1.83 bits per heavy atom. The van der Waals surface area contributed by atoms with Gasteiger partial charge in [0.1, 0.15) is 5.82 Å². The number of amides is 1. The van der Waals surface area contributed by atoms with Crippen LogP contribution < -0.4 is 14.8 Å². The molecule has 150 valence electrons. The zero-order valence-electron chi connectivity index (χ0n) is 15.2. The number of hydrogen-bond acceptors (Lipinski definition) is 6. The first-order valence-corrected chi connectivity index (χ1v) is 9.68. The molecule has 0 fully saturated rings. The van der Waals surface area contributed by atoms with Crippen molar-refractivity contribution in [2.24, 2.45) is 0 Å². The summed E-state index contributed by atoms with van der Waals surface area (Å²) in [5.74, 6) is -0.00202. The Hall–Kier alpha value is -2.68. The van der Waals surface area contributed by atoms with Crippen molar-refractivity contribution in [2.45, 2.75) is 0 Å². The van der Waals surface area contributed by atoms with E-state index in [0.717, 1.165) is 11.3 Å². The Morgan fingerprint density at radius 3 is 2.48 bits per heavy atom. The number of ether oxygens (including phenoxy) is 2. The van der Waals surface area contributed by atoms with E-state index in [9.17, 15) is 9.18 Å². The number of anilines is 1. The molecular weight excluding hydrogens is 440 g/mol. The van der Waals surface area contributed by atoms with E-state index in [1.54, 1.807) is 18.2 Å². The quantitative estimate of drug-likeness (QED) is 0.545. The third-order valence-electron chi connectivity index (χ3n) is 3.67. The normalized spacial score (nSPS) is 11.3. The molecule has 0 saturated carbocycles. The van der Waals surface area contributed by atoms with E-state index in [4.69, 9.17) is 32.7 Å². The van der Waals surface area contributed by atoms with Crippen molar-refractivity contribution in [3.63, 3.8) is 0 Å². The maximum absolute atomic E-state index is 13.0. The first-order valence-electron chi connectivity index (χ1n) is 8.10. The van der Waals surface area contributed by atoms with Crippen molar-refractivity contribution < 1.29 is 18.7 Å². The topological polar surface area (TPSA) is 73.3 Å². The Bertz CT molecular complexity index is 1070. The lowest BCUT2D eigenvalue weighted by Gasteiger charge is -2.10. The monoisotopic (exact) mass is 453 g/mol. The van der Waals surface area contributed by atoms with Gasteiger partial charge in [-0.25, -0.2) is 4.39 Å². The minimum absolute atomic E-state index is 0.112. The van der Waals surface area contributed by atoms with Gasteiger partial charge in [-0.05, 0) is 48.0 Å². The number of benzene rings is 2. The van der Waals surface area contributed by atoms with E-state index in [1.807, 2.05) is 0 Å². The van der Waals surface area contributed by atoms with Crippen LogP contribution in [0.4, 0.5) is 10.1 Å². The highest BCUT2D eigenvalue weighted by atomic mass is 35.5. The smallest absolute Gasteiger partial charge is 0.286 e. The van der Waals surface area contributed by atoms with Crippen LogP contribution in [0.5, 0.6) is 11.5 Å². The maximum atomic E-state index is 13.0. The van der Waals surface area contributed by atoms with Crippen LogP contribution in [-0.4, -0.2) is 30.3 Å². The average molecular weight is 454 g/mol. The predicted molar refractivity (Wildman–Crippen MR) is 113 cm³/mol. The Kier molecular flexibility index (Phi) is 6.68. The summed E-state index contributed by atoms with van der Waals surface area (Å²) in [5.41, 5.74) is 1.10. The standard InChI is InChI=1S/C19H14Cl2FN3O3S/c1-27-15-9-10(7-13(20)16(15)28-2)8-14(21)18-24-25-19(29-18)17(26)23-12-5-3-11(22)4-6-12/h3-9H,1-2H3,(H,23,26)/b14-8-. The highest BCUT2D eigenvalue weighted by molar-refractivity contribution is 7.15. The van der Waals surface area contributed by atoms with Crippen LogP contribution >= 0.6 is 34.5 Å². The third-order valence-corrected chi connectivity index (χ3v) is 5.31. The first-order chi connectivity index (χ1) is 13.9. The lowest BCUT2D eigenvalue weighted by atomic mass is 10.2. The summed E-state index contributed by atoms with van der Waals surface area (Å²) < 4.78 is 23.4. The van der Waals surface area contributed by atoms with Gasteiger partial charge in [0.25, 0.3) is 5.91 Å². The van der Waals surface area contributed by atoms with Gasteiger partial charge in [-0.15, -0.1) is 10.2 Å². The molecule has 0 saturated heterocycles. The van der Waals surface area contributed by atoms with Crippen molar-refractivity contribution in [1.29, 1.82) is 0 Å². The van der Waals surface area contributed by atoms with E-state index < -0.39 is 11.7 Å². The molecule has 0 aliphatic heterocycles. The summed E-state index contributed by atoms with van der Waals surface area (Å²) in [4.78, 5) is 12.3. The molecule has 0 aliphatic carbocycles. The number of halogens is 3. The number of methoxy groups -OCH3 is 2. The van der Waals surface area contributed by atoms with Crippen LogP contribution in [0.3, 0.4) is 0 Å². The van der Waals surface area contributed by atoms with Gasteiger partial charge in [-0.3, -0.25) is 4.79 Å². The van der Waals surface area contributed by atoms with Gasteiger partial charge in [0.15, 0.2) is 16.5 Å². The van der Waals surface area contributed by atoms with Crippen LogP contribution in [0.2, 0.25) is 5.02 Å². The average Bonchev–Trinajstić information content (AvgIpc) is 3.20. The van der Waals surface area contributed by atoms with Gasteiger partial charge < -0.3 is 14.8 Å². The second-order valence-corrected chi connectivity index (χ2v) is 7.40. The fraction of sp³-hybridized carbons (Fsp3) is 0.105. The van der Waals surface area contributed by atoms with E-state index in [0.29, 0.717) is 32.8 Å². The maximum Gasteiger partial charge on any atom is 0.286 e. The van der Waals surface area contributed by atoms with Gasteiger partial charge in [0, 0.05) is 5.69 Å². The molecule has 0 aliphatic rings. The summed E-state index contributed by atoms with van der Waals surface area (Å²) in [6.45, 7) is 0. The summed E-state index contributed by atoms with van der Waals surface area (Å²) in [6, 6.07) is 8.75. The third kappa shape index (κ3) is 5.03. The molecule has 1 heterocycles. The van der Waals surface area contributed by atoms with Crippen molar-refractivity contribution >= 4 is 57.2 Å². The summed E-state index contributed by atoms with van der Waals surface area (Å²) in [5, 5.41) is 11.5. The Morgan fingerprint density at radius 1 is 1.14 bits per heavy atom. The summed E-state index contributed by atoms with van der Waals surface area (Å²) in [7, 11) is 2.99. The van der Waals surface area contributed by atoms with Crippen LogP contribution in [0.25, 0.3) is 11.1 Å². The molecule has 0 radical (unpaired) electrons. The molecule has 0 bridgehead atoms. The summed E-state index contributed by atoms with van der Waals surface area (Å²) >= 11 is 13.5. The Balaban J connectivity index is 1.79. The molecule has 10 heteroatoms. The van der Waals surface area contributed by atoms with Crippen molar-refractivity contribution in [3.8, 4) is 11.5 Å². The number of aromatic nitrogens is 2. The highest BCUT2D eigenvalue weighted by Crippen LogP contribution is 2.37. The second kappa shape index (κ2) is 9.21. The largest absolute Gasteiger partial charge is 0.493 e. The van der Waals surface area contributed by atoms with Gasteiger partial charge in [-0.2, -0.15) is 0 Å². The van der Waals surface area contributed by atoms with Gasteiger partial charge in [0.2, 0.25) is 5.01 Å². The van der Waals surface area contributed by atoms with Crippen LogP contribution in [0.15, 0.2) is 36.4 Å². The lowest BCUT2D eigenvalue weighted by Crippen LogP contribution is -2.11. The van der Waals surface area contributed by atoms with E-state index in [-0.39, 0.29) is 10.0 Å². The number of carbonyl (C=O) groups is 1. The van der Waals surface area contributed by atoms with E-state index in [2.05, 4.69) is 15.5 Å². The minimum Gasteiger partial charge on any atom is -0.493 e. The zero-order valence-corrected chi connectivity index (χ0v) is 17.5. The molecule has 29 heavy (non-hydrogen) atoms. The molecule has 0 spiro atoms. The zero-order chi connectivity index (χ0) is 21.0. The summed E-state index contributed by atoms with van der Waals surface area (Å²) in [6.07, 6.45) is 1.62. The van der Waals surface area contributed by atoms with E-state index in [1.165, 1.54) is 38.5 Å². The van der Waals surface area contributed by atoms with Gasteiger partial charge >= 0.3 is 0 Å². The molecule has 1 aromatic heterocycles. The van der Waals surface area contributed by atoms with Crippen LogP contribution in [0, 0.1) is 5.82 Å². The number of hydrogen-bond donors (Lipinski definition) is 1. The van der Waals surface area contributed by atoms with E-state index >= 15 is 0 Å². The predicted octanol–water partition coefficient (Wildman–Crippen LogP) is 5.34. The SMILES string of the molecule is COc1cc(/C=C(\Cl)c2nnc(C(=O)Nc3ccc(F)cc3)s2)cc(Cl)c1OC. The number of nitrogens with zero attached hydrogens (tertiary/aromatic N) is 2. The molecule has 1 amide bonds. The number of carbonyl (C=O) groups excluding carboxylic acids is 1. The molecular formula is C19H14Cl2FN3O3S.